The Bertz CT molecular complexity index is 429. The lowest BCUT2D eigenvalue weighted by Crippen LogP contribution is -2.55. The van der Waals surface area contributed by atoms with Gasteiger partial charge in [-0.1, -0.05) is 26.8 Å². The van der Waals surface area contributed by atoms with Gasteiger partial charge in [0.15, 0.2) is 11.6 Å². The lowest BCUT2D eigenvalue weighted by molar-refractivity contribution is 0.0692. The first kappa shape index (κ1) is 13.5. The van der Waals surface area contributed by atoms with Crippen molar-refractivity contribution >= 4 is 0 Å². The first-order chi connectivity index (χ1) is 8.46. The Kier molecular flexibility index (Phi) is 3.71. The highest BCUT2D eigenvalue weighted by Crippen LogP contribution is 2.52. The molecule has 3 heteroatoms. The minimum absolute atomic E-state index is 0.0967. The lowest BCUT2D eigenvalue weighted by Gasteiger charge is -2.53. The van der Waals surface area contributed by atoms with Gasteiger partial charge in [-0.15, -0.1) is 0 Å². The molecule has 2 unspecified atom stereocenters. The van der Waals surface area contributed by atoms with E-state index in [-0.39, 0.29) is 5.41 Å². The van der Waals surface area contributed by atoms with Crippen molar-refractivity contribution in [3.05, 3.63) is 35.4 Å². The van der Waals surface area contributed by atoms with Gasteiger partial charge in [-0.05, 0) is 48.4 Å². The van der Waals surface area contributed by atoms with Gasteiger partial charge >= 0.3 is 0 Å². The Morgan fingerprint density at radius 3 is 2.56 bits per heavy atom. The van der Waals surface area contributed by atoms with Crippen molar-refractivity contribution in [3.63, 3.8) is 0 Å². The van der Waals surface area contributed by atoms with Gasteiger partial charge in [0.2, 0.25) is 0 Å². The van der Waals surface area contributed by atoms with Crippen LogP contribution in [0.1, 0.15) is 45.1 Å². The third-order valence-corrected chi connectivity index (χ3v) is 4.25. The van der Waals surface area contributed by atoms with Crippen LogP contribution in [0, 0.1) is 17.0 Å². The zero-order valence-corrected chi connectivity index (χ0v) is 11.3. The van der Waals surface area contributed by atoms with E-state index >= 15 is 0 Å². The van der Waals surface area contributed by atoms with Crippen molar-refractivity contribution in [2.45, 2.75) is 45.6 Å². The molecule has 100 valence electrons. The van der Waals surface area contributed by atoms with Gasteiger partial charge in [0, 0.05) is 6.04 Å². The van der Waals surface area contributed by atoms with Crippen molar-refractivity contribution in [2.24, 2.45) is 5.41 Å². The smallest absolute Gasteiger partial charge is 0.159 e. The Hall–Kier alpha value is -0.960. The van der Waals surface area contributed by atoms with E-state index in [4.69, 9.17) is 0 Å². The van der Waals surface area contributed by atoms with Crippen LogP contribution in [-0.4, -0.2) is 12.6 Å². The Morgan fingerprint density at radius 1 is 1.28 bits per heavy atom. The molecule has 1 N–H and O–H groups in total. The van der Waals surface area contributed by atoms with Crippen molar-refractivity contribution in [2.75, 3.05) is 6.54 Å². The molecule has 0 saturated heterocycles. The molecule has 0 aliphatic heterocycles. The van der Waals surface area contributed by atoms with Crippen LogP contribution in [0.3, 0.4) is 0 Å². The number of hydrogen-bond acceptors (Lipinski definition) is 1. The molecule has 1 aliphatic carbocycles. The summed E-state index contributed by atoms with van der Waals surface area (Å²) >= 11 is 0. The maximum atomic E-state index is 13.3. The highest BCUT2D eigenvalue weighted by molar-refractivity contribution is 5.28. The van der Waals surface area contributed by atoms with E-state index in [2.05, 4.69) is 26.1 Å². The number of nitrogens with one attached hydrogen (secondary N) is 1. The lowest BCUT2D eigenvalue weighted by atomic mass is 9.56. The summed E-state index contributed by atoms with van der Waals surface area (Å²) in [5, 5.41) is 3.52. The molecule has 0 heterocycles. The SMILES string of the molecule is CCCNC1CC(c2ccc(F)c(F)c2)C1(C)C. The average Bonchev–Trinajstić information content (AvgIpc) is 2.32. The maximum absolute atomic E-state index is 13.3. The summed E-state index contributed by atoms with van der Waals surface area (Å²) in [6.45, 7) is 7.54. The molecule has 0 aromatic heterocycles. The van der Waals surface area contributed by atoms with Gasteiger partial charge in [-0.3, -0.25) is 0 Å². The Morgan fingerprint density at radius 2 is 2.00 bits per heavy atom. The number of halogens is 2. The molecule has 1 saturated carbocycles. The summed E-state index contributed by atoms with van der Waals surface area (Å²) in [4.78, 5) is 0. The van der Waals surface area contributed by atoms with E-state index < -0.39 is 11.6 Å². The van der Waals surface area contributed by atoms with E-state index in [0.717, 1.165) is 24.9 Å². The fraction of sp³-hybridized carbons (Fsp3) is 0.600. The van der Waals surface area contributed by atoms with Gasteiger partial charge in [-0.25, -0.2) is 8.78 Å². The molecule has 1 aliphatic rings. The molecular weight excluding hydrogens is 232 g/mol. The summed E-state index contributed by atoms with van der Waals surface area (Å²) in [5.41, 5.74) is 1.01. The van der Waals surface area contributed by atoms with E-state index in [1.54, 1.807) is 6.07 Å². The number of benzene rings is 1. The highest BCUT2D eigenvalue weighted by atomic mass is 19.2. The van der Waals surface area contributed by atoms with Crippen LogP contribution in [0.2, 0.25) is 0 Å². The summed E-state index contributed by atoms with van der Waals surface area (Å²) in [6, 6.07) is 4.75. The second kappa shape index (κ2) is 4.96. The first-order valence-corrected chi connectivity index (χ1v) is 6.65. The molecule has 1 fully saturated rings. The molecule has 0 amide bonds. The molecule has 0 bridgehead atoms. The average molecular weight is 253 g/mol. The van der Waals surface area contributed by atoms with Crippen molar-refractivity contribution < 1.29 is 8.78 Å². The quantitative estimate of drug-likeness (QED) is 0.859. The minimum atomic E-state index is -0.767. The van der Waals surface area contributed by atoms with Crippen LogP contribution in [-0.2, 0) is 0 Å². The van der Waals surface area contributed by atoms with E-state index in [9.17, 15) is 8.78 Å². The molecule has 1 nitrogen and oxygen atoms in total. The molecule has 2 rings (SSSR count). The van der Waals surface area contributed by atoms with Crippen LogP contribution in [0.25, 0.3) is 0 Å². The van der Waals surface area contributed by atoms with Gasteiger partial charge in [0.25, 0.3) is 0 Å². The zero-order chi connectivity index (χ0) is 13.3. The van der Waals surface area contributed by atoms with Crippen LogP contribution >= 0.6 is 0 Å². The normalized spacial score (nSPS) is 25.8. The third kappa shape index (κ3) is 2.28. The Balaban J connectivity index is 2.09. The predicted octanol–water partition coefficient (Wildman–Crippen LogP) is 3.85. The largest absolute Gasteiger partial charge is 0.313 e. The molecule has 1 aromatic carbocycles. The van der Waals surface area contributed by atoms with E-state index in [1.807, 2.05) is 0 Å². The first-order valence-electron chi connectivity index (χ1n) is 6.65. The van der Waals surface area contributed by atoms with Crippen molar-refractivity contribution in [1.82, 2.24) is 5.32 Å². The third-order valence-electron chi connectivity index (χ3n) is 4.25. The van der Waals surface area contributed by atoms with Crippen LogP contribution < -0.4 is 5.32 Å². The second-order valence-electron chi connectivity index (χ2n) is 5.79. The van der Waals surface area contributed by atoms with Gasteiger partial charge in [0.1, 0.15) is 0 Å². The molecular formula is C15H21F2N. The molecule has 1 aromatic rings. The van der Waals surface area contributed by atoms with Gasteiger partial charge < -0.3 is 5.32 Å². The number of hydrogen-bond donors (Lipinski definition) is 1. The summed E-state index contributed by atoms with van der Waals surface area (Å²) in [7, 11) is 0. The summed E-state index contributed by atoms with van der Waals surface area (Å²) in [5.74, 6) is -1.20. The molecule has 0 spiro atoms. The van der Waals surface area contributed by atoms with Gasteiger partial charge in [-0.2, -0.15) is 0 Å². The monoisotopic (exact) mass is 253 g/mol. The van der Waals surface area contributed by atoms with Crippen molar-refractivity contribution in [3.8, 4) is 0 Å². The maximum Gasteiger partial charge on any atom is 0.159 e. The fourth-order valence-electron chi connectivity index (χ4n) is 2.89. The number of rotatable bonds is 4. The topological polar surface area (TPSA) is 12.0 Å². The standard InChI is InChI=1S/C15H21F2N/c1-4-7-18-14-9-11(15(14,2)3)10-5-6-12(16)13(17)8-10/h5-6,8,11,14,18H,4,7,9H2,1-3H3. The van der Waals surface area contributed by atoms with Crippen LogP contribution in [0.5, 0.6) is 0 Å². The van der Waals surface area contributed by atoms with E-state index in [1.165, 1.54) is 12.1 Å². The molecule has 2 atom stereocenters. The fourth-order valence-corrected chi connectivity index (χ4v) is 2.89. The second-order valence-corrected chi connectivity index (χ2v) is 5.79. The van der Waals surface area contributed by atoms with E-state index in [0.29, 0.717) is 12.0 Å². The minimum Gasteiger partial charge on any atom is -0.313 e. The van der Waals surface area contributed by atoms with Crippen LogP contribution in [0.4, 0.5) is 8.78 Å². The highest BCUT2D eigenvalue weighted by Gasteiger charge is 2.48. The van der Waals surface area contributed by atoms with Crippen molar-refractivity contribution in [1.29, 1.82) is 0 Å². The van der Waals surface area contributed by atoms with Crippen LogP contribution in [0.15, 0.2) is 18.2 Å². The molecule has 0 radical (unpaired) electrons. The Labute approximate surface area is 108 Å². The summed E-state index contributed by atoms with van der Waals surface area (Å²) in [6.07, 6.45) is 2.11. The zero-order valence-electron chi connectivity index (χ0n) is 11.3. The summed E-state index contributed by atoms with van der Waals surface area (Å²) < 4.78 is 26.2. The van der Waals surface area contributed by atoms with Gasteiger partial charge in [0.05, 0.1) is 0 Å². The predicted molar refractivity (Wildman–Crippen MR) is 69.6 cm³/mol. The molecule has 18 heavy (non-hydrogen) atoms.